The maximum absolute atomic E-state index is 14.8. The Kier molecular flexibility index (Phi) is 34.7. The summed E-state index contributed by atoms with van der Waals surface area (Å²) in [5, 5.41) is 63.5. The van der Waals surface area contributed by atoms with Gasteiger partial charge in [0.25, 0.3) is 29.5 Å². The fourth-order valence-corrected chi connectivity index (χ4v) is 19.2. The standard InChI is InChI=1S/C97H133N19O18/c1-57-18-14-13-15-19-58(2)78(127-10)44-72-26-21-63(7)97(126,134-72)88(122)92(124)115-32-17-16-20-74(115)93(125)132-79(60(4)40-64-23-27-75(117)80(42-64)128-11)45-76(118)59(3)39-62(6)86(121)87(129-12)84(61(5)38-57)110-131-55-81(119)101-46-66-47-102-95(103-48-66)113-34-35-114(71(54-113)53-111(8)9)96-104-49-70(50-105-96)91(123)100-31-37-130-36-30-82(120)112-33-29-67-41-65(22-24-69(67)52-112)51-116-90-83(89(98)106-56-107-90)85(109-116)68-25-28-77-73(43-68)108-94(99)133-77/h13-15,18-19,22,24-25,28,39,41,43,47-50,56-57,59-61,63-64,71-72,74-76,78-80,86-87,117-118,121,126H,16-17,20-21,23,26-27,29-38,40,42,44-46,51-55H2,1-12H3,(H2,99,108)(H,100,123)(H,101,119)(H2,98,106,107)/b15-13+,18-14+,58-19+,62-39+,110-84?/t57-,59-,60-,61-,63-,64+,71-,72+,74+,75-,76-,78+,79+,80-,86-,87+,97-/m1/s1. The van der Waals surface area contributed by atoms with E-state index < -0.39 is 102 Å². The molecular weight excluding hydrogens is 1720 g/mol. The van der Waals surface area contributed by atoms with E-state index in [4.69, 9.17) is 64.2 Å². The number of methoxy groups -OCH3 is 3. The van der Waals surface area contributed by atoms with Crippen LogP contribution in [0.3, 0.4) is 0 Å². The Bertz CT molecular complexity index is 5360. The van der Waals surface area contributed by atoms with Gasteiger partial charge in [-0.15, -0.1) is 0 Å². The maximum Gasteiger partial charge on any atom is 0.329 e. The Hall–Kier alpha value is -11.1. The molecule has 134 heavy (non-hydrogen) atoms. The summed E-state index contributed by atoms with van der Waals surface area (Å²) < 4.78 is 43.6. The number of nitrogens with one attached hydrogen (secondary N) is 2. The topological polar surface area (TPSA) is 474 Å². The number of aliphatic hydroxyl groups is 4. The van der Waals surface area contributed by atoms with Crippen molar-refractivity contribution in [3.8, 4) is 11.3 Å². The van der Waals surface area contributed by atoms with Crippen molar-refractivity contribution in [3.05, 3.63) is 143 Å². The molecule has 13 rings (SSSR count). The second-order valence-corrected chi connectivity index (χ2v) is 37.2. The molecule has 1 aliphatic carbocycles. The summed E-state index contributed by atoms with van der Waals surface area (Å²) in [5.74, 6) is -7.13. The summed E-state index contributed by atoms with van der Waals surface area (Å²) in [6.45, 7) is 16.9. The monoisotopic (exact) mass is 1850 g/mol. The van der Waals surface area contributed by atoms with E-state index in [1.54, 1.807) is 59.5 Å². The average molecular weight is 1850 g/mol. The van der Waals surface area contributed by atoms with Crippen molar-refractivity contribution in [2.45, 2.75) is 225 Å². The number of nitrogen functional groups attached to an aromatic ring is 2. The van der Waals surface area contributed by atoms with Crippen molar-refractivity contribution in [3.63, 3.8) is 0 Å². The lowest BCUT2D eigenvalue weighted by Gasteiger charge is -2.43. The molecule has 3 saturated heterocycles. The number of carbonyl (C=O) groups excluding carboxylic acids is 6. The van der Waals surface area contributed by atoms with Crippen LogP contribution in [0.1, 0.15) is 165 Å². The number of nitrogens with two attached hydrogens (primary N) is 2. The molecule has 10 heterocycles. The Morgan fingerprint density at radius 3 is 2.32 bits per heavy atom. The van der Waals surface area contributed by atoms with Crippen LogP contribution in [-0.2, 0) is 83.3 Å². The first-order valence-electron chi connectivity index (χ1n) is 46.8. The van der Waals surface area contributed by atoms with Crippen molar-refractivity contribution in [1.82, 2.24) is 70.0 Å². The van der Waals surface area contributed by atoms with Crippen LogP contribution in [0.5, 0.6) is 0 Å². The Labute approximate surface area is 781 Å². The predicted molar refractivity (Wildman–Crippen MR) is 502 cm³/mol. The van der Waals surface area contributed by atoms with Crippen molar-refractivity contribution in [2.75, 3.05) is 122 Å². The number of carbonyl (C=O) groups is 6. The zero-order valence-corrected chi connectivity index (χ0v) is 79.0. The summed E-state index contributed by atoms with van der Waals surface area (Å²) in [4.78, 5) is 131. The third-order valence-electron chi connectivity index (χ3n) is 26.9. The van der Waals surface area contributed by atoms with Gasteiger partial charge in [-0.05, 0) is 162 Å². The number of nitrogens with zero attached hydrogens (tertiary/aromatic N) is 15. The van der Waals surface area contributed by atoms with E-state index in [-0.39, 0.29) is 112 Å². The van der Waals surface area contributed by atoms with Crippen LogP contribution < -0.4 is 31.9 Å². The number of allylic oxidation sites excluding steroid dienone is 5. The number of benzene rings is 2. The van der Waals surface area contributed by atoms with Gasteiger partial charge in [0.2, 0.25) is 23.6 Å². The highest BCUT2D eigenvalue weighted by molar-refractivity contribution is 6.39. The first-order valence-corrected chi connectivity index (χ1v) is 46.8. The number of amides is 4. The molecule has 2 bridgehead atoms. The number of fused-ring (bicyclic) bond motifs is 6. The van der Waals surface area contributed by atoms with E-state index in [9.17, 15) is 49.2 Å². The second kappa shape index (κ2) is 46.4. The fraction of sp³-hybridized carbons (Fsp3) is 0.577. The number of hydrogen-bond donors (Lipinski definition) is 8. The van der Waals surface area contributed by atoms with E-state index in [0.717, 1.165) is 27.8 Å². The van der Waals surface area contributed by atoms with Gasteiger partial charge < -0.3 is 105 Å². The zero-order valence-electron chi connectivity index (χ0n) is 79.0. The van der Waals surface area contributed by atoms with Gasteiger partial charge in [0.1, 0.15) is 47.7 Å². The molecule has 17 atom stereocenters. The van der Waals surface area contributed by atoms with Gasteiger partial charge >= 0.3 is 5.97 Å². The number of oxazole rings is 1. The molecule has 5 aliphatic heterocycles. The second-order valence-electron chi connectivity index (χ2n) is 37.2. The Morgan fingerprint density at radius 2 is 1.56 bits per heavy atom. The molecule has 0 radical (unpaired) electrons. The smallest absolute Gasteiger partial charge is 0.329 e. The number of ketones is 1. The SMILES string of the molecule is CO[C@H]1C[C@@H]2CC[C@@H](C)[C@@](O)(O2)C(=O)C(=O)N2CCCC[C@H]2C(=O)O[C@H]([C@H](C)C[C@@H]2CC[C@@H](O)[C@H](OC)C2)C[C@@H](O)[C@H](C)/C=C(\C)[C@@H](O)[C@@H](OC)C(=NOCC(=O)NCc2cnc(N3CCN(c4ncc(C(=O)NCCOCCC(=O)N5CCc6cc(Cn7nc(-c8ccc9oc(N)nc9c8)c8c(N)ncnc87)ccc6C5)cn4)[C@H](CN(C)C)C3)nc2)[C@H](C)C[C@H](C)/C=C/C=C/C=C/1C. The molecule has 0 spiro atoms. The third-order valence-corrected chi connectivity index (χ3v) is 26.9. The van der Waals surface area contributed by atoms with Crippen LogP contribution in [0, 0.1) is 35.5 Å². The number of hydrogen-bond acceptors (Lipinski definition) is 32. The Balaban J connectivity index is 0.592. The molecule has 4 amide bonds. The van der Waals surface area contributed by atoms with Crippen LogP contribution in [0.4, 0.5) is 23.7 Å². The molecule has 1 saturated carbocycles. The third kappa shape index (κ3) is 25.1. The number of esters is 1. The van der Waals surface area contributed by atoms with Crippen LogP contribution in [0.25, 0.3) is 33.4 Å². The summed E-state index contributed by atoms with van der Waals surface area (Å²) in [6, 6.07) is 10.6. The van der Waals surface area contributed by atoms with E-state index in [2.05, 4.69) is 67.5 Å². The van der Waals surface area contributed by atoms with Crippen LogP contribution >= 0.6 is 0 Å². The number of piperazine rings is 1. The molecule has 6 aliphatic rings. The van der Waals surface area contributed by atoms with Gasteiger partial charge in [0.15, 0.2) is 17.8 Å². The van der Waals surface area contributed by atoms with Crippen LogP contribution in [0.2, 0.25) is 0 Å². The molecule has 37 heteroatoms. The Morgan fingerprint density at radius 1 is 0.776 bits per heavy atom. The molecule has 2 aromatic carbocycles. The quantitative estimate of drug-likeness (QED) is 0.00888. The number of oxime groups is 1. The first kappa shape index (κ1) is 100. The molecule has 10 N–H and O–H groups in total. The van der Waals surface area contributed by atoms with Gasteiger partial charge in [0.05, 0.1) is 79.4 Å². The van der Waals surface area contributed by atoms with Crippen molar-refractivity contribution in [2.24, 2.45) is 40.7 Å². The van der Waals surface area contributed by atoms with Gasteiger partial charge in [-0.25, -0.2) is 39.4 Å². The highest BCUT2D eigenvalue weighted by Crippen LogP contribution is 2.40. The van der Waals surface area contributed by atoms with Gasteiger partial charge in [-0.3, -0.25) is 24.0 Å². The minimum Gasteiger partial charge on any atom is -0.460 e. The number of rotatable bonds is 25. The molecule has 37 nitrogen and oxygen atoms in total. The number of aliphatic hydroxyl groups excluding tert-OH is 3. The average Bonchev–Trinajstić information content (AvgIpc) is 1.54. The van der Waals surface area contributed by atoms with Gasteiger partial charge in [-0.1, -0.05) is 94.4 Å². The lowest BCUT2D eigenvalue weighted by atomic mass is 9.78. The van der Waals surface area contributed by atoms with Crippen molar-refractivity contribution >= 4 is 87.0 Å². The lowest BCUT2D eigenvalue weighted by molar-refractivity contribution is -0.265. The first-order chi connectivity index (χ1) is 64.4. The fourth-order valence-electron chi connectivity index (χ4n) is 19.2. The van der Waals surface area contributed by atoms with Crippen LogP contribution in [-0.4, -0.2) is 289 Å². The highest BCUT2D eigenvalue weighted by Gasteiger charge is 2.53. The number of likely N-dealkylation sites (N-methyl/N-ethyl adjacent to an activating group) is 1. The summed E-state index contributed by atoms with van der Waals surface area (Å²) in [7, 11) is 8.57. The number of Topliss-reactive ketones (excluding diaryl/α,β-unsaturated/α-hetero) is 1. The number of cyclic esters (lactones) is 1. The number of anilines is 4. The van der Waals surface area contributed by atoms with Crippen molar-refractivity contribution < 1.29 is 86.9 Å². The van der Waals surface area contributed by atoms with Crippen molar-refractivity contribution in [1.29, 1.82) is 0 Å². The van der Waals surface area contributed by atoms with E-state index in [0.29, 0.717) is 172 Å². The highest BCUT2D eigenvalue weighted by atomic mass is 16.6. The summed E-state index contributed by atoms with van der Waals surface area (Å²) in [6.07, 6.45) is 18.6. The molecule has 4 fully saturated rings. The number of piperidine rings is 1. The number of ether oxygens (including phenoxy) is 6. The number of aromatic nitrogens is 9. The molecular formula is C97H133N19O18. The molecule has 5 aromatic heterocycles. The minimum atomic E-state index is -2.47. The predicted octanol–water partition coefficient (Wildman–Crippen LogP) is 7.81. The lowest BCUT2D eigenvalue weighted by Crippen LogP contribution is -2.61. The summed E-state index contributed by atoms with van der Waals surface area (Å²) in [5.41, 5.74) is 21.1. The zero-order chi connectivity index (χ0) is 95.6. The molecule has 0 unspecified atom stereocenters. The largest absolute Gasteiger partial charge is 0.460 e. The minimum absolute atomic E-state index is 0.0225. The van der Waals surface area contributed by atoms with Gasteiger partial charge in [-0.2, -0.15) is 10.1 Å². The maximum atomic E-state index is 14.8. The molecule has 7 aromatic rings. The van der Waals surface area contributed by atoms with Gasteiger partial charge in [0, 0.05) is 147 Å². The van der Waals surface area contributed by atoms with E-state index in [1.165, 1.54) is 30.7 Å². The molecule has 724 valence electrons. The van der Waals surface area contributed by atoms with E-state index in [1.807, 2.05) is 100.0 Å². The van der Waals surface area contributed by atoms with Crippen LogP contribution in [0.15, 0.2) is 125 Å². The summed E-state index contributed by atoms with van der Waals surface area (Å²) >= 11 is 0. The van der Waals surface area contributed by atoms with E-state index >= 15 is 0 Å². The normalized spacial score (nSPS) is 28.3.